The van der Waals surface area contributed by atoms with Crippen molar-refractivity contribution in [1.29, 1.82) is 0 Å². The van der Waals surface area contributed by atoms with Crippen LogP contribution in [0.2, 0.25) is 0 Å². The molecule has 0 fully saturated rings. The Balaban J connectivity index is 2.37. The maximum absolute atomic E-state index is 13.1. The molecular weight excluding hydrogens is 384 g/mol. The number of likely N-dealkylation sites (N-methyl/N-ethyl adjacent to an activating group) is 1. The number of ether oxygens (including phenoxy) is 1. The Labute approximate surface area is 179 Å². The predicted octanol–water partition coefficient (Wildman–Crippen LogP) is 1.93. The van der Waals surface area contributed by atoms with Gasteiger partial charge >= 0.3 is 6.03 Å². The summed E-state index contributed by atoms with van der Waals surface area (Å²) >= 11 is 0. The van der Waals surface area contributed by atoms with Crippen LogP contribution in [0, 0.1) is 5.92 Å². The molecular formula is C22H36N4O4. The van der Waals surface area contributed by atoms with Crippen molar-refractivity contribution in [2.75, 3.05) is 39.1 Å². The highest BCUT2D eigenvalue weighted by molar-refractivity contribution is 5.90. The number of carbonyl (C=O) groups is 2. The number of carbonyl (C=O) groups excluding carboxylic acids is 2. The third kappa shape index (κ3) is 6.60. The number of fused-ring (bicyclic) bond motifs is 1. The summed E-state index contributed by atoms with van der Waals surface area (Å²) < 4.78 is 6.36. The number of rotatable bonds is 6. The van der Waals surface area contributed by atoms with Gasteiger partial charge in [0.25, 0.3) is 0 Å². The van der Waals surface area contributed by atoms with Crippen LogP contribution in [0.3, 0.4) is 0 Å². The molecule has 0 aromatic heterocycles. The van der Waals surface area contributed by atoms with E-state index in [0.717, 1.165) is 5.56 Å². The summed E-state index contributed by atoms with van der Waals surface area (Å²) in [6.45, 7) is 8.80. The lowest BCUT2D eigenvalue weighted by molar-refractivity contribution is -0.134. The molecule has 1 aromatic rings. The van der Waals surface area contributed by atoms with Crippen LogP contribution in [0.1, 0.15) is 33.3 Å². The van der Waals surface area contributed by atoms with E-state index in [2.05, 4.69) is 22.5 Å². The van der Waals surface area contributed by atoms with Crippen LogP contribution in [-0.2, 0) is 11.2 Å². The van der Waals surface area contributed by atoms with Gasteiger partial charge in [-0.05, 0) is 53.1 Å². The number of urea groups is 1. The molecule has 2 rings (SSSR count). The van der Waals surface area contributed by atoms with Crippen LogP contribution in [0.15, 0.2) is 18.2 Å². The average Bonchev–Trinajstić information content (AvgIpc) is 2.69. The van der Waals surface area contributed by atoms with Crippen molar-refractivity contribution in [2.24, 2.45) is 5.92 Å². The summed E-state index contributed by atoms with van der Waals surface area (Å²) in [5, 5.41) is 15.3. The quantitative estimate of drug-likeness (QED) is 0.654. The number of hydrogen-bond donors (Lipinski definition) is 3. The number of amides is 3. The third-order valence-electron chi connectivity index (χ3n) is 5.14. The van der Waals surface area contributed by atoms with Crippen LogP contribution >= 0.6 is 0 Å². The second-order valence-electron chi connectivity index (χ2n) is 8.73. The highest BCUT2D eigenvalue weighted by atomic mass is 16.5. The Bertz CT molecular complexity index is 738. The van der Waals surface area contributed by atoms with Crippen LogP contribution < -0.4 is 15.4 Å². The lowest BCUT2D eigenvalue weighted by atomic mass is 10.0. The van der Waals surface area contributed by atoms with Gasteiger partial charge in [-0.15, -0.1) is 0 Å². The molecule has 3 atom stereocenters. The van der Waals surface area contributed by atoms with Crippen LogP contribution in [-0.4, -0.2) is 78.8 Å². The molecule has 168 valence electrons. The minimum Gasteiger partial charge on any atom is -0.488 e. The zero-order chi connectivity index (χ0) is 22.4. The molecule has 8 nitrogen and oxygen atoms in total. The summed E-state index contributed by atoms with van der Waals surface area (Å²) in [5.41, 5.74) is 1.32. The predicted molar refractivity (Wildman–Crippen MR) is 118 cm³/mol. The number of benzene rings is 1. The lowest BCUT2D eigenvalue weighted by Crippen LogP contribution is -2.47. The zero-order valence-electron chi connectivity index (χ0n) is 18.9. The lowest BCUT2D eigenvalue weighted by Gasteiger charge is -2.33. The van der Waals surface area contributed by atoms with Gasteiger partial charge in [-0.2, -0.15) is 0 Å². The number of nitrogens with one attached hydrogen (secondary N) is 2. The smallest absolute Gasteiger partial charge is 0.319 e. The fourth-order valence-corrected chi connectivity index (χ4v) is 3.51. The Hall–Kier alpha value is -2.32. The SMILES string of the molecule is CC(C)NC(=O)Nc1ccc2c(c1)CC(=O)N([C@H](C)CO)C[C@H](C)[C@@H](CN(C)C)O2. The maximum atomic E-state index is 13.1. The summed E-state index contributed by atoms with van der Waals surface area (Å²) in [5.74, 6) is 0.656. The highest BCUT2D eigenvalue weighted by Gasteiger charge is 2.30. The van der Waals surface area contributed by atoms with Crippen molar-refractivity contribution >= 4 is 17.6 Å². The molecule has 30 heavy (non-hydrogen) atoms. The molecule has 3 amide bonds. The first-order valence-corrected chi connectivity index (χ1v) is 10.5. The minimum absolute atomic E-state index is 0.0181. The topological polar surface area (TPSA) is 94.1 Å². The van der Waals surface area contributed by atoms with Gasteiger partial charge < -0.3 is 30.3 Å². The number of anilines is 1. The van der Waals surface area contributed by atoms with E-state index in [4.69, 9.17) is 4.74 Å². The van der Waals surface area contributed by atoms with Crippen molar-refractivity contribution < 1.29 is 19.4 Å². The van der Waals surface area contributed by atoms with E-state index in [1.807, 2.05) is 40.9 Å². The summed E-state index contributed by atoms with van der Waals surface area (Å²) in [6, 6.07) is 4.83. The third-order valence-corrected chi connectivity index (χ3v) is 5.14. The van der Waals surface area contributed by atoms with Gasteiger partial charge in [0, 0.05) is 36.3 Å². The van der Waals surface area contributed by atoms with Crippen molar-refractivity contribution in [3.63, 3.8) is 0 Å². The maximum Gasteiger partial charge on any atom is 0.319 e. The molecule has 0 bridgehead atoms. The van der Waals surface area contributed by atoms with Gasteiger partial charge in [0.2, 0.25) is 5.91 Å². The van der Waals surface area contributed by atoms with E-state index in [9.17, 15) is 14.7 Å². The monoisotopic (exact) mass is 420 g/mol. The Kier molecular flexibility index (Phi) is 8.49. The van der Waals surface area contributed by atoms with Crippen molar-refractivity contribution in [2.45, 2.75) is 52.3 Å². The van der Waals surface area contributed by atoms with Crippen LogP contribution in [0.5, 0.6) is 5.75 Å². The molecule has 0 aliphatic carbocycles. The standard InChI is InChI=1S/C22H36N4O4/c1-14(2)23-22(29)24-18-7-8-19-17(9-18)10-21(28)26(16(4)13-27)11-15(3)20(30-19)12-25(5)6/h7-9,14-16,20,27H,10-13H2,1-6H3,(H2,23,24,29)/t15-,16+,20+/m0/s1. The van der Waals surface area contributed by atoms with Crippen LogP contribution in [0.25, 0.3) is 0 Å². The molecule has 0 unspecified atom stereocenters. The fraction of sp³-hybridized carbons (Fsp3) is 0.636. The highest BCUT2D eigenvalue weighted by Crippen LogP contribution is 2.29. The fourth-order valence-electron chi connectivity index (χ4n) is 3.51. The molecule has 1 aromatic carbocycles. The summed E-state index contributed by atoms with van der Waals surface area (Å²) in [7, 11) is 3.98. The van der Waals surface area contributed by atoms with E-state index < -0.39 is 0 Å². The van der Waals surface area contributed by atoms with E-state index in [0.29, 0.717) is 24.5 Å². The van der Waals surface area contributed by atoms with Gasteiger partial charge in [0.1, 0.15) is 11.9 Å². The molecule has 0 spiro atoms. The first kappa shape index (κ1) is 24.0. The van der Waals surface area contributed by atoms with Crippen LogP contribution in [0.4, 0.5) is 10.5 Å². The van der Waals surface area contributed by atoms with E-state index in [-0.39, 0.29) is 49.1 Å². The second kappa shape index (κ2) is 10.6. The average molecular weight is 421 g/mol. The van der Waals surface area contributed by atoms with Gasteiger partial charge in [0.15, 0.2) is 0 Å². The van der Waals surface area contributed by atoms with Gasteiger partial charge in [-0.25, -0.2) is 4.79 Å². The molecule has 8 heteroatoms. The first-order chi connectivity index (χ1) is 14.1. The number of nitrogens with zero attached hydrogens (tertiary/aromatic N) is 2. The second-order valence-corrected chi connectivity index (χ2v) is 8.73. The Morgan fingerprint density at radius 1 is 1.33 bits per heavy atom. The van der Waals surface area contributed by atoms with E-state index >= 15 is 0 Å². The summed E-state index contributed by atoms with van der Waals surface area (Å²) in [6.07, 6.45) is 0.0173. The van der Waals surface area contributed by atoms with Gasteiger partial charge in [-0.3, -0.25) is 4.79 Å². The van der Waals surface area contributed by atoms with Gasteiger partial charge in [-0.1, -0.05) is 6.92 Å². The largest absolute Gasteiger partial charge is 0.488 e. The Morgan fingerprint density at radius 2 is 2.03 bits per heavy atom. The van der Waals surface area contributed by atoms with Crippen molar-refractivity contribution in [3.8, 4) is 5.75 Å². The Morgan fingerprint density at radius 3 is 2.63 bits per heavy atom. The normalized spacial score (nSPS) is 20.7. The number of aliphatic hydroxyl groups is 1. The molecule has 1 heterocycles. The molecule has 0 saturated heterocycles. The zero-order valence-corrected chi connectivity index (χ0v) is 18.9. The molecule has 0 saturated carbocycles. The molecule has 3 N–H and O–H groups in total. The molecule has 1 aliphatic rings. The minimum atomic E-state index is -0.296. The first-order valence-electron chi connectivity index (χ1n) is 10.5. The summed E-state index contributed by atoms with van der Waals surface area (Å²) in [4.78, 5) is 28.9. The van der Waals surface area contributed by atoms with E-state index in [1.165, 1.54) is 0 Å². The number of aliphatic hydroxyl groups excluding tert-OH is 1. The molecule has 0 radical (unpaired) electrons. The molecule has 1 aliphatic heterocycles. The van der Waals surface area contributed by atoms with Crippen molar-refractivity contribution in [1.82, 2.24) is 15.1 Å². The van der Waals surface area contributed by atoms with E-state index in [1.54, 1.807) is 17.0 Å². The van der Waals surface area contributed by atoms with Crippen molar-refractivity contribution in [3.05, 3.63) is 23.8 Å². The van der Waals surface area contributed by atoms with Gasteiger partial charge in [0.05, 0.1) is 19.1 Å². The number of hydrogen-bond acceptors (Lipinski definition) is 5.